The average Bonchev–Trinajstić information content (AvgIpc) is 1.94. The van der Waals surface area contributed by atoms with Crippen LogP contribution in [-0.4, -0.2) is 16.1 Å². The molecule has 0 atom stereocenters. The number of rotatable bonds is 2. The smallest absolute Gasteiger partial charge is 0.307 e. The van der Waals surface area contributed by atoms with Gasteiger partial charge in [0, 0.05) is 16.8 Å². The summed E-state index contributed by atoms with van der Waals surface area (Å²) >= 11 is 8.86. The number of nitrogens with zero attached hydrogens (tertiary/aromatic N) is 1. The molecule has 0 aromatic carbocycles. The van der Waals surface area contributed by atoms with Crippen molar-refractivity contribution in [3.05, 3.63) is 27.5 Å². The maximum atomic E-state index is 10.3. The van der Waals surface area contributed by atoms with Gasteiger partial charge in [0.05, 0.1) is 6.42 Å². The molecule has 3 nitrogen and oxygen atoms in total. The number of aromatic nitrogens is 1. The van der Waals surface area contributed by atoms with Crippen LogP contribution in [0.15, 0.2) is 16.9 Å². The Balaban J connectivity index is 2.93. The van der Waals surface area contributed by atoms with Gasteiger partial charge >= 0.3 is 5.97 Å². The number of hydrogen-bond acceptors (Lipinski definition) is 2. The summed E-state index contributed by atoms with van der Waals surface area (Å²) in [5.41, 5.74) is 0.521. The highest BCUT2D eigenvalue weighted by Crippen LogP contribution is 2.19. The topological polar surface area (TPSA) is 50.2 Å². The van der Waals surface area contributed by atoms with E-state index in [0.29, 0.717) is 15.2 Å². The van der Waals surface area contributed by atoms with Crippen molar-refractivity contribution in [2.24, 2.45) is 0 Å². The number of carboxylic acids is 1. The van der Waals surface area contributed by atoms with Gasteiger partial charge < -0.3 is 5.11 Å². The average molecular weight is 250 g/mol. The van der Waals surface area contributed by atoms with Gasteiger partial charge in [-0.3, -0.25) is 4.79 Å². The van der Waals surface area contributed by atoms with E-state index in [1.165, 1.54) is 6.20 Å². The molecule has 0 aliphatic heterocycles. The second kappa shape index (κ2) is 3.87. The zero-order valence-corrected chi connectivity index (χ0v) is 8.26. The first-order chi connectivity index (χ1) is 5.59. The molecule has 0 aliphatic carbocycles. The predicted molar refractivity (Wildman–Crippen MR) is 48.3 cm³/mol. The van der Waals surface area contributed by atoms with E-state index >= 15 is 0 Å². The van der Waals surface area contributed by atoms with E-state index in [9.17, 15) is 4.79 Å². The molecule has 1 N–H and O–H groups in total. The van der Waals surface area contributed by atoms with Gasteiger partial charge in [-0.1, -0.05) is 11.6 Å². The van der Waals surface area contributed by atoms with E-state index < -0.39 is 5.97 Å². The van der Waals surface area contributed by atoms with Crippen LogP contribution in [0.2, 0.25) is 5.02 Å². The Kier molecular flexibility index (Phi) is 3.05. The zero-order valence-electron chi connectivity index (χ0n) is 5.92. The molecule has 1 heterocycles. The molecule has 0 unspecified atom stereocenters. The molecular weight excluding hydrogens is 245 g/mol. The van der Waals surface area contributed by atoms with Crippen LogP contribution < -0.4 is 0 Å². The summed E-state index contributed by atoms with van der Waals surface area (Å²) in [4.78, 5) is 14.2. The van der Waals surface area contributed by atoms with Crippen molar-refractivity contribution in [1.29, 1.82) is 0 Å². The predicted octanol–water partition coefficient (Wildman–Crippen LogP) is 2.12. The first-order valence-corrected chi connectivity index (χ1v) is 4.28. The van der Waals surface area contributed by atoms with E-state index in [4.69, 9.17) is 16.7 Å². The van der Waals surface area contributed by atoms with Gasteiger partial charge in [-0.05, 0) is 22.0 Å². The summed E-state index contributed by atoms with van der Waals surface area (Å²) in [5.74, 6) is -0.916. The number of pyridine rings is 1. The first kappa shape index (κ1) is 9.48. The minimum atomic E-state index is -0.916. The molecule has 12 heavy (non-hydrogen) atoms. The molecular formula is C7H5BrClNO2. The number of hydrogen-bond donors (Lipinski definition) is 1. The molecule has 5 heteroatoms. The molecule has 0 aliphatic rings. The summed E-state index contributed by atoms with van der Waals surface area (Å²) < 4.78 is 0.599. The number of carbonyl (C=O) groups is 1. The highest BCUT2D eigenvalue weighted by Gasteiger charge is 2.05. The monoisotopic (exact) mass is 249 g/mol. The van der Waals surface area contributed by atoms with Crippen molar-refractivity contribution < 1.29 is 9.90 Å². The molecule has 64 valence electrons. The van der Waals surface area contributed by atoms with Gasteiger partial charge in [-0.15, -0.1) is 0 Å². The van der Waals surface area contributed by atoms with E-state index in [1.54, 1.807) is 6.07 Å². The van der Waals surface area contributed by atoms with Crippen LogP contribution in [0.4, 0.5) is 0 Å². The summed E-state index contributed by atoms with van der Waals surface area (Å²) in [6.45, 7) is 0. The Morgan fingerprint density at radius 1 is 1.75 bits per heavy atom. The van der Waals surface area contributed by atoms with Gasteiger partial charge in [-0.25, -0.2) is 4.98 Å². The standard InChI is InChI=1S/C7H5BrClNO2/c8-6-2-5(9)4(3-10-6)1-7(11)12/h2-3H,1H2,(H,11,12). The lowest BCUT2D eigenvalue weighted by molar-refractivity contribution is -0.136. The van der Waals surface area contributed by atoms with Gasteiger partial charge in [0.2, 0.25) is 0 Å². The van der Waals surface area contributed by atoms with Crippen molar-refractivity contribution in [1.82, 2.24) is 4.98 Å². The molecule has 0 radical (unpaired) electrons. The number of halogens is 2. The normalized spacial score (nSPS) is 9.83. The van der Waals surface area contributed by atoms with Crippen molar-refractivity contribution in [2.75, 3.05) is 0 Å². The summed E-state index contributed by atoms with van der Waals surface area (Å²) in [6, 6.07) is 1.57. The van der Waals surface area contributed by atoms with Crippen molar-refractivity contribution >= 4 is 33.5 Å². The van der Waals surface area contributed by atoms with Crippen molar-refractivity contribution in [3.8, 4) is 0 Å². The fourth-order valence-corrected chi connectivity index (χ4v) is 1.41. The second-order valence-electron chi connectivity index (χ2n) is 2.17. The second-order valence-corrected chi connectivity index (χ2v) is 3.39. The van der Waals surface area contributed by atoms with Crippen LogP contribution in [0, 0.1) is 0 Å². The third-order valence-electron chi connectivity index (χ3n) is 1.24. The highest BCUT2D eigenvalue weighted by atomic mass is 79.9. The number of carboxylic acid groups (broad SMARTS) is 1. The zero-order chi connectivity index (χ0) is 9.14. The van der Waals surface area contributed by atoms with Crippen LogP contribution >= 0.6 is 27.5 Å². The quantitative estimate of drug-likeness (QED) is 0.818. The molecule has 1 aromatic heterocycles. The fraction of sp³-hybridized carbons (Fsp3) is 0.143. The molecule has 0 spiro atoms. The van der Waals surface area contributed by atoms with Crippen molar-refractivity contribution in [2.45, 2.75) is 6.42 Å². The molecule has 1 rings (SSSR count). The van der Waals surface area contributed by atoms with E-state index in [-0.39, 0.29) is 6.42 Å². The Morgan fingerprint density at radius 2 is 2.42 bits per heavy atom. The number of aliphatic carboxylic acids is 1. The first-order valence-electron chi connectivity index (χ1n) is 3.11. The van der Waals surface area contributed by atoms with Crippen molar-refractivity contribution in [3.63, 3.8) is 0 Å². The molecule has 0 saturated carbocycles. The lowest BCUT2D eigenvalue weighted by Crippen LogP contribution is -2.01. The van der Waals surface area contributed by atoms with Crippen LogP contribution in [0.3, 0.4) is 0 Å². The Hall–Kier alpha value is -0.610. The molecule has 0 amide bonds. The van der Waals surface area contributed by atoms with Crippen LogP contribution in [0.1, 0.15) is 5.56 Å². The van der Waals surface area contributed by atoms with E-state index in [0.717, 1.165) is 0 Å². The van der Waals surface area contributed by atoms with Gasteiger partial charge in [0.25, 0.3) is 0 Å². The van der Waals surface area contributed by atoms with E-state index in [2.05, 4.69) is 20.9 Å². The maximum absolute atomic E-state index is 10.3. The third kappa shape index (κ3) is 2.46. The van der Waals surface area contributed by atoms with Gasteiger partial charge in [0.15, 0.2) is 0 Å². The van der Waals surface area contributed by atoms with E-state index in [1.807, 2.05) is 0 Å². The van der Waals surface area contributed by atoms with Gasteiger partial charge in [-0.2, -0.15) is 0 Å². The third-order valence-corrected chi connectivity index (χ3v) is 2.02. The van der Waals surface area contributed by atoms with Crippen LogP contribution in [0.25, 0.3) is 0 Å². The lowest BCUT2D eigenvalue weighted by Gasteiger charge is -1.99. The van der Waals surface area contributed by atoms with Crippen LogP contribution in [-0.2, 0) is 11.2 Å². The SMILES string of the molecule is O=C(O)Cc1cnc(Br)cc1Cl. The molecule has 1 aromatic rings. The Bertz CT molecular complexity index is 316. The van der Waals surface area contributed by atoms with Gasteiger partial charge in [0.1, 0.15) is 4.60 Å². The minimum absolute atomic E-state index is 0.0981. The highest BCUT2D eigenvalue weighted by molar-refractivity contribution is 9.10. The lowest BCUT2D eigenvalue weighted by atomic mass is 10.2. The van der Waals surface area contributed by atoms with Crippen LogP contribution in [0.5, 0.6) is 0 Å². The Morgan fingerprint density at radius 3 is 2.92 bits per heavy atom. The summed E-state index contributed by atoms with van der Waals surface area (Å²) in [7, 11) is 0. The molecule has 0 bridgehead atoms. The minimum Gasteiger partial charge on any atom is -0.481 e. The molecule has 0 fully saturated rings. The largest absolute Gasteiger partial charge is 0.481 e. The summed E-state index contributed by atoms with van der Waals surface area (Å²) in [6.07, 6.45) is 1.35. The molecule has 0 saturated heterocycles. The maximum Gasteiger partial charge on any atom is 0.307 e. The fourth-order valence-electron chi connectivity index (χ4n) is 0.729. The Labute approximate surface area is 82.5 Å². The summed E-state index contributed by atoms with van der Waals surface area (Å²) in [5, 5.41) is 8.88.